The summed E-state index contributed by atoms with van der Waals surface area (Å²) in [4.78, 5) is 169. The molecule has 642 valence electrons. The van der Waals surface area contributed by atoms with Crippen molar-refractivity contribution in [2.75, 3.05) is 31.5 Å². The largest absolute Gasteiger partial charge is 0.457 e. The van der Waals surface area contributed by atoms with Crippen LogP contribution in [-0.2, 0) is 0 Å². The molecular weight excluding hydrogens is 1690 g/mol. The Bertz CT molecular complexity index is 8080. The second-order valence-electron chi connectivity index (χ2n) is 32.5. The lowest BCUT2D eigenvalue weighted by Gasteiger charge is -2.16. The molecule has 0 fully saturated rings. The van der Waals surface area contributed by atoms with Crippen molar-refractivity contribution in [3.8, 4) is 103 Å². The lowest BCUT2D eigenvalue weighted by Crippen LogP contribution is -2.29. The highest BCUT2D eigenvalue weighted by Crippen LogP contribution is 2.43. The van der Waals surface area contributed by atoms with E-state index in [4.69, 9.17) is 14.2 Å². The fourth-order valence-corrected chi connectivity index (χ4v) is 17.2. The molecule has 16 aromatic rings. The number of ether oxygens (including phenoxy) is 3. The summed E-state index contributed by atoms with van der Waals surface area (Å²) >= 11 is 0. The van der Waals surface area contributed by atoms with Gasteiger partial charge in [-0.15, -0.1) is 0 Å². The summed E-state index contributed by atoms with van der Waals surface area (Å²) < 4.78 is 18.1. The highest BCUT2D eigenvalue weighted by Gasteiger charge is 2.43. The van der Waals surface area contributed by atoms with Crippen molar-refractivity contribution < 1.29 is 71.7 Å². The van der Waals surface area contributed by atoms with Crippen molar-refractivity contribution in [2.45, 2.75) is 6.92 Å². The number of nitrogens with zero attached hydrogens (tertiary/aromatic N) is 6. The predicted molar refractivity (Wildman–Crippen MR) is 508 cm³/mol. The van der Waals surface area contributed by atoms with Crippen molar-refractivity contribution in [1.29, 1.82) is 0 Å². The van der Waals surface area contributed by atoms with Gasteiger partial charge in [0.05, 0.1) is 95.2 Å². The molecule has 0 unspecified atom stereocenters. The fraction of sp³-hybridized carbons (Fsp3) is 0.0175. The van der Waals surface area contributed by atoms with Gasteiger partial charge in [0.2, 0.25) is 0 Å². The summed E-state index contributed by atoms with van der Waals surface area (Å²) in [5.74, 6) is 9.14. The van der Waals surface area contributed by atoms with Crippen LogP contribution in [0.1, 0.15) is 152 Å². The Hall–Kier alpha value is -19.1. The molecule has 22 rings (SSSR count). The zero-order chi connectivity index (χ0) is 92.6. The van der Waals surface area contributed by atoms with Crippen LogP contribution < -0.4 is 38.7 Å². The first-order valence-electron chi connectivity index (χ1n) is 42.7. The number of imide groups is 6. The fourth-order valence-electron chi connectivity index (χ4n) is 17.2. The minimum atomic E-state index is -0.539. The average molecular weight is 1760 g/mol. The number of fused-ring (bicyclic) bond motifs is 6. The molecule has 0 spiro atoms. The van der Waals surface area contributed by atoms with Crippen LogP contribution in [0.25, 0.3) is 44.5 Å². The number of anilines is 5. The molecule has 21 heteroatoms. The van der Waals surface area contributed by atoms with Gasteiger partial charge >= 0.3 is 0 Å². The molecule has 16 aromatic carbocycles. The maximum Gasteiger partial charge on any atom is 0.266 e. The van der Waals surface area contributed by atoms with Crippen LogP contribution in [0.4, 0.5) is 28.4 Å². The smallest absolute Gasteiger partial charge is 0.266 e. The molecule has 6 heterocycles. The minimum absolute atomic E-state index is 0.142. The molecule has 21 nitrogen and oxygen atoms in total. The van der Waals surface area contributed by atoms with Gasteiger partial charge in [0.25, 0.3) is 70.9 Å². The third kappa shape index (κ3) is 15.3. The van der Waals surface area contributed by atoms with Gasteiger partial charge in [-0.2, -0.15) is 0 Å². The first-order chi connectivity index (χ1) is 65.7. The third-order valence-electron chi connectivity index (χ3n) is 23.9. The van der Waals surface area contributed by atoms with Gasteiger partial charge in [-0.05, 0) is 288 Å². The van der Waals surface area contributed by atoms with Crippen LogP contribution in [-0.4, -0.2) is 82.8 Å². The van der Waals surface area contributed by atoms with Gasteiger partial charge in [0, 0.05) is 29.3 Å². The Morgan fingerprint density at radius 3 is 0.763 bits per heavy atom. The van der Waals surface area contributed by atoms with Crippen molar-refractivity contribution in [3.05, 3.63) is 459 Å². The van der Waals surface area contributed by atoms with Crippen LogP contribution in [0.5, 0.6) is 34.5 Å². The number of carbonyl (C=O) groups is 12. The van der Waals surface area contributed by atoms with Crippen LogP contribution in [0, 0.1) is 30.6 Å². The number of carbonyl (C=O) groups excluding carboxylic acids is 12. The normalized spacial score (nSPS) is 13.7. The molecule has 0 radical (unpaired) electrons. The highest BCUT2D eigenvalue weighted by atomic mass is 16.5. The number of hydrogen-bond donors (Lipinski definition) is 0. The Morgan fingerprint density at radius 2 is 0.422 bits per heavy atom. The number of benzene rings is 16. The maximum absolute atomic E-state index is 14.1. The molecule has 0 bridgehead atoms. The monoisotopic (exact) mass is 1760 g/mol. The summed E-state index contributed by atoms with van der Waals surface area (Å²) in [6.45, 7) is 1.97. The lowest BCUT2D eigenvalue weighted by atomic mass is 9.98. The van der Waals surface area contributed by atoms with Crippen molar-refractivity contribution in [3.63, 3.8) is 0 Å². The average Bonchev–Trinajstić information content (AvgIpc) is 1.62. The second kappa shape index (κ2) is 33.8. The topological polar surface area (TPSA) is 252 Å². The van der Waals surface area contributed by atoms with Crippen LogP contribution in [0.2, 0.25) is 0 Å². The van der Waals surface area contributed by atoms with Gasteiger partial charge in [-0.1, -0.05) is 157 Å². The van der Waals surface area contributed by atoms with Gasteiger partial charge in [0.1, 0.15) is 34.5 Å². The summed E-state index contributed by atoms with van der Waals surface area (Å²) in [7, 11) is 1.41. The third-order valence-corrected chi connectivity index (χ3v) is 23.9. The molecule has 6 aliphatic heterocycles. The van der Waals surface area contributed by atoms with Crippen molar-refractivity contribution in [1.82, 2.24) is 4.90 Å². The molecule has 0 aliphatic carbocycles. The molecule has 0 saturated carbocycles. The minimum Gasteiger partial charge on any atom is -0.457 e. The van der Waals surface area contributed by atoms with E-state index in [-0.39, 0.29) is 61.8 Å². The van der Waals surface area contributed by atoms with E-state index in [0.717, 1.165) is 80.8 Å². The first kappa shape index (κ1) is 82.8. The lowest BCUT2D eigenvalue weighted by molar-refractivity contribution is 0.0689. The van der Waals surface area contributed by atoms with Gasteiger partial charge in [-0.3, -0.25) is 62.4 Å². The highest BCUT2D eigenvalue weighted by molar-refractivity contribution is 6.38. The molecule has 12 amide bonds. The zero-order valence-electron chi connectivity index (χ0n) is 71.4. The summed E-state index contributed by atoms with van der Waals surface area (Å²) in [6, 6.07) is 106. The van der Waals surface area contributed by atoms with E-state index in [1.165, 1.54) is 65.4 Å². The van der Waals surface area contributed by atoms with Gasteiger partial charge in [-0.25, -0.2) is 24.5 Å². The van der Waals surface area contributed by atoms with Crippen LogP contribution in [0.15, 0.2) is 364 Å². The number of rotatable bonds is 15. The summed E-state index contributed by atoms with van der Waals surface area (Å²) in [5, 5.41) is 0. The van der Waals surface area contributed by atoms with Gasteiger partial charge in [0.15, 0.2) is 0 Å². The molecule has 0 atom stereocenters. The zero-order valence-corrected chi connectivity index (χ0v) is 71.4. The van der Waals surface area contributed by atoms with Crippen molar-refractivity contribution >= 4 is 99.3 Å². The first-order valence-corrected chi connectivity index (χ1v) is 42.7. The van der Waals surface area contributed by atoms with E-state index in [1.54, 1.807) is 158 Å². The number of amides is 12. The van der Waals surface area contributed by atoms with E-state index in [9.17, 15) is 57.5 Å². The van der Waals surface area contributed by atoms with E-state index in [2.05, 4.69) is 23.7 Å². The maximum atomic E-state index is 14.1. The van der Waals surface area contributed by atoms with Crippen LogP contribution in [0.3, 0.4) is 0 Å². The number of aryl methyl sites for hydroxylation is 1. The summed E-state index contributed by atoms with van der Waals surface area (Å²) in [6.07, 6.45) is 0. The second-order valence-corrected chi connectivity index (χ2v) is 32.5. The molecule has 135 heavy (non-hydrogen) atoms. The molecule has 0 saturated heterocycles. The Kier molecular flexibility index (Phi) is 20.8. The molecule has 6 aliphatic rings. The quantitative estimate of drug-likeness (QED) is 0.0683. The molecular formula is C114H66N6O15. The van der Waals surface area contributed by atoms with E-state index < -0.39 is 70.9 Å². The standard InChI is InChI=1S/C63H37N3O8.C51H29N3O7/c1-38-9-5-18-49(31-38)73-48-24-22-45(23-25-48)64-58(67)53-29-26-50(36-56(53)62(64)71)74-51-27-30-54-57(37-51)63(72)66(60(54)69)47-17-8-15-44(35-47)42-13-6-12-41(33-42)43-14-7-16-46(34-43)65-59(68)52-28-21-40(32-55(52)61(65)70)20-19-39-10-3-2-4-11-39;1-52-46(55)40-22-19-38(28-44(40)47(52)56)61-39-20-23-42-45(29-39)51(60)54(49(42)58)37-15-7-13-35(27-37)33-11-5-10-32(25-33)34-12-6-14-36(26-34)53-48(57)41-21-18-31(24-43(41)50(53)59)17-16-30-8-3-2-4-9-30/h2-18,21-37H,1H3;2-15,18-29H,1H3. The molecule has 0 N–H and O–H groups in total. The Balaban J connectivity index is 0.000000165. The van der Waals surface area contributed by atoms with Crippen LogP contribution >= 0.6 is 0 Å². The Labute approximate surface area is 771 Å². The molecule has 0 aromatic heterocycles. The van der Waals surface area contributed by atoms with Gasteiger partial charge < -0.3 is 14.2 Å². The number of hydrogen-bond acceptors (Lipinski definition) is 15. The van der Waals surface area contributed by atoms with E-state index >= 15 is 0 Å². The van der Waals surface area contributed by atoms with E-state index in [1.807, 2.05) is 165 Å². The predicted octanol–water partition coefficient (Wildman–Crippen LogP) is 21.8. The summed E-state index contributed by atoms with van der Waals surface area (Å²) in [5.41, 5.74) is 15.0. The van der Waals surface area contributed by atoms with E-state index in [0.29, 0.717) is 79.1 Å². The van der Waals surface area contributed by atoms with Crippen molar-refractivity contribution in [2.24, 2.45) is 0 Å². The SMILES string of the molecule is CN1C(=O)c2ccc(Oc3ccc4c(c3)C(=O)N(c3cccc(-c5cccc(-c6cccc(N7C(=O)c8ccc(C#Cc9ccccc9)cc8C7=O)c6)c5)c3)C4=O)cc2C1=O.Cc1cccc(Oc2ccc(N3C(=O)c4ccc(Oc5ccc6c(c5)C(=O)N(c5cccc(-c7cccc(-c8cccc(N9C(=O)c%10ccc(C#Cc%11ccccc%11)cc%10C9=O)c8)c7)c5)C6=O)cc4C3=O)cc2)c1. The Morgan fingerprint density at radius 1 is 0.178 bits per heavy atom.